The number of carbonyl (C=O) groups is 1. The van der Waals surface area contributed by atoms with Crippen LogP contribution in [0.3, 0.4) is 0 Å². The summed E-state index contributed by atoms with van der Waals surface area (Å²) in [6.45, 7) is 0. The van der Waals surface area contributed by atoms with Crippen LogP contribution in [0.15, 0.2) is 48.5 Å². The lowest BCUT2D eigenvalue weighted by Crippen LogP contribution is -2.22. The molecule has 0 fully saturated rings. The molecule has 0 saturated carbocycles. The Morgan fingerprint density at radius 1 is 1.15 bits per heavy atom. The molecule has 0 aliphatic carbocycles. The fourth-order valence-electron chi connectivity index (χ4n) is 2.33. The first-order chi connectivity index (χ1) is 12.3. The van der Waals surface area contributed by atoms with Crippen LogP contribution in [-0.2, 0) is 13.6 Å². The van der Waals surface area contributed by atoms with Gasteiger partial charge in [-0.05, 0) is 23.3 Å². The van der Waals surface area contributed by atoms with Gasteiger partial charge in [0.2, 0.25) is 0 Å². The van der Waals surface area contributed by atoms with Crippen molar-refractivity contribution in [3.05, 3.63) is 69.8 Å². The van der Waals surface area contributed by atoms with Crippen LogP contribution in [0.25, 0.3) is 0 Å². The Hall–Kier alpha value is -2.74. The Morgan fingerprint density at radius 2 is 1.81 bits per heavy atom. The first kappa shape index (κ1) is 19.6. The fraction of sp³-hybridized carbons (Fsp3) is 0.188. The Kier molecular flexibility index (Phi) is 6.10. The minimum atomic E-state index is -3.76. The molecule has 0 bridgehead atoms. The zero-order chi connectivity index (χ0) is 19.3. The minimum absolute atomic E-state index is 0.0857. The average Bonchev–Trinajstić information content (AvgIpc) is 2.65. The number of rotatable bonds is 8. The zero-order valence-corrected chi connectivity index (χ0v) is 14.8. The number of hydrogen-bond donors (Lipinski definition) is 1. The predicted octanol–water partition coefficient (Wildman–Crippen LogP) is 2.55. The van der Waals surface area contributed by atoms with Gasteiger partial charge in [-0.3, -0.25) is 14.7 Å². The maximum absolute atomic E-state index is 13.0. The molecule has 1 N–H and O–H groups in total. The van der Waals surface area contributed by atoms with Gasteiger partial charge in [0.25, 0.3) is 5.69 Å². The van der Waals surface area contributed by atoms with Crippen molar-refractivity contribution in [1.82, 2.24) is 0 Å². The van der Waals surface area contributed by atoms with E-state index < -0.39 is 24.3 Å². The summed E-state index contributed by atoms with van der Waals surface area (Å²) in [4.78, 5) is 21.5. The van der Waals surface area contributed by atoms with Crippen LogP contribution in [0.4, 0.5) is 11.4 Å². The van der Waals surface area contributed by atoms with Crippen molar-refractivity contribution in [2.24, 2.45) is 0 Å². The number of nitrogens with zero attached hydrogens (tertiary/aromatic N) is 1. The molecule has 0 aromatic heterocycles. The maximum Gasteiger partial charge on any atom is 0.356 e. The summed E-state index contributed by atoms with van der Waals surface area (Å²) >= 11 is 0. The van der Waals surface area contributed by atoms with Gasteiger partial charge in [-0.15, -0.1) is 0 Å². The summed E-state index contributed by atoms with van der Waals surface area (Å²) in [5.74, 6) is -2.48. The van der Waals surface area contributed by atoms with Gasteiger partial charge in [0.1, 0.15) is 0 Å². The van der Waals surface area contributed by atoms with E-state index in [0.29, 0.717) is 5.69 Å². The Balaban J connectivity index is 2.50. The van der Waals surface area contributed by atoms with E-state index in [1.807, 2.05) is 0 Å². The minimum Gasteiger partial charge on any atom is -0.545 e. The highest BCUT2D eigenvalue weighted by Crippen LogP contribution is 2.59. The van der Waals surface area contributed by atoms with Crippen molar-refractivity contribution < 1.29 is 28.4 Å². The van der Waals surface area contributed by atoms with Crippen molar-refractivity contribution in [2.75, 3.05) is 19.5 Å². The highest BCUT2D eigenvalue weighted by Gasteiger charge is 2.36. The van der Waals surface area contributed by atoms with E-state index >= 15 is 0 Å². The fourth-order valence-corrected chi connectivity index (χ4v) is 3.74. The van der Waals surface area contributed by atoms with Crippen LogP contribution in [-0.4, -0.2) is 25.1 Å². The molecule has 0 unspecified atom stereocenters. The first-order valence-electron chi connectivity index (χ1n) is 7.34. The highest BCUT2D eigenvalue weighted by atomic mass is 31.2. The molecule has 0 aliphatic heterocycles. The predicted molar refractivity (Wildman–Crippen MR) is 91.9 cm³/mol. The van der Waals surface area contributed by atoms with Gasteiger partial charge in [-0.2, -0.15) is 0 Å². The zero-order valence-electron chi connectivity index (χ0n) is 13.9. The third-order valence-corrected chi connectivity index (χ3v) is 5.70. The van der Waals surface area contributed by atoms with Crippen molar-refractivity contribution in [3.8, 4) is 0 Å². The number of benzene rings is 2. The Labute approximate surface area is 149 Å². The number of carbonyl (C=O) groups excluding carboxylic acids is 1. The first-order valence-corrected chi connectivity index (χ1v) is 8.95. The second kappa shape index (κ2) is 8.09. The summed E-state index contributed by atoms with van der Waals surface area (Å²) in [6, 6.07) is 11.2. The molecular weight excluding hydrogens is 363 g/mol. The highest BCUT2D eigenvalue weighted by molar-refractivity contribution is 7.54. The summed E-state index contributed by atoms with van der Waals surface area (Å²) in [6.07, 6.45) is 0. The van der Waals surface area contributed by atoms with Crippen molar-refractivity contribution in [2.45, 2.75) is 5.78 Å². The normalized spacial score (nSPS) is 12.4. The van der Waals surface area contributed by atoms with Gasteiger partial charge in [-0.25, -0.2) is 0 Å². The molecule has 9 nitrogen and oxygen atoms in total. The lowest BCUT2D eigenvalue weighted by molar-refractivity contribution is -0.384. The lowest BCUT2D eigenvalue weighted by Gasteiger charge is -2.26. The Morgan fingerprint density at radius 3 is 2.38 bits per heavy atom. The number of non-ortho nitro benzene ring substituents is 1. The molecule has 0 spiro atoms. The van der Waals surface area contributed by atoms with Crippen LogP contribution in [0.1, 0.15) is 21.7 Å². The maximum atomic E-state index is 13.0. The van der Waals surface area contributed by atoms with E-state index in [-0.39, 0.29) is 16.8 Å². The summed E-state index contributed by atoms with van der Waals surface area (Å²) < 4.78 is 23.0. The average molecular weight is 379 g/mol. The van der Waals surface area contributed by atoms with Crippen molar-refractivity contribution in [1.29, 1.82) is 0 Å². The third kappa shape index (κ3) is 4.26. The molecule has 0 saturated heterocycles. The molecule has 0 aliphatic rings. The van der Waals surface area contributed by atoms with Crippen molar-refractivity contribution in [3.63, 3.8) is 0 Å². The molecule has 26 heavy (non-hydrogen) atoms. The summed E-state index contributed by atoms with van der Waals surface area (Å²) in [5.41, 5.74) is 0.302. The van der Waals surface area contributed by atoms with Gasteiger partial charge in [-0.1, -0.05) is 24.3 Å². The third-order valence-electron chi connectivity index (χ3n) is 3.62. The number of carboxylic acids is 1. The van der Waals surface area contributed by atoms with Crippen LogP contribution in [0.5, 0.6) is 0 Å². The molecular formula is C16H16N2O7P-. The number of nitrogens with one attached hydrogen (secondary N) is 1. The van der Waals surface area contributed by atoms with Crippen molar-refractivity contribution >= 4 is 24.9 Å². The molecule has 138 valence electrons. The van der Waals surface area contributed by atoms with Gasteiger partial charge in [0.05, 0.1) is 10.9 Å². The molecule has 0 heterocycles. The molecule has 1 atom stereocenters. The molecule has 10 heteroatoms. The van der Waals surface area contributed by atoms with E-state index in [2.05, 4.69) is 5.32 Å². The largest absolute Gasteiger partial charge is 0.545 e. The second-order valence-corrected chi connectivity index (χ2v) is 7.50. The van der Waals surface area contributed by atoms with Gasteiger partial charge in [0, 0.05) is 32.0 Å². The molecule has 0 radical (unpaired) electrons. The lowest BCUT2D eigenvalue weighted by atomic mass is 10.1. The van der Waals surface area contributed by atoms with Gasteiger partial charge in [0.15, 0.2) is 5.78 Å². The summed E-state index contributed by atoms with van der Waals surface area (Å²) in [5, 5.41) is 24.9. The number of nitro groups is 1. The van der Waals surface area contributed by atoms with Crippen LogP contribution in [0, 0.1) is 10.1 Å². The van der Waals surface area contributed by atoms with E-state index in [4.69, 9.17) is 9.05 Å². The molecule has 2 rings (SSSR count). The van der Waals surface area contributed by atoms with Gasteiger partial charge >= 0.3 is 7.60 Å². The van der Waals surface area contributed by atoms with E-state index in [1.165, 1.54) is 56.7 Å². The molecule has 2 aromatic rings. The number of carboxylic acid groups (broad SMARTS) is 1. The van der Waals surface area contributed by atoms with E-state index in [9.17, 15) is 24.6 Å². The second-order valence-electron chi connectivity index (χ2n) is 5.17. The van der Waals surface area contributed by atoms with Crippen LogP contribution < -0.4 is 10.4 Å². The number of hydrogen-bond acceptors (Lipinski definition) is 8. The Bertz CT molecular complexity index is 863. The smallest absolute Gasteiger partial charge is 0.356 e. The number of nitro benzene ring substituents is 1. The number of aromatic carboxylic acids is 1. The monoisotopic (exact) mass is 379 g/mol. The van der Waals surface area contributed by atoms with E-state index in [0.717, 1.165) is 0 Å². The number of anilines is 1. The SMILES string of the molecule is COP(=O)(OC)[C@H](Nc1cccc(C(=O)[O-])c1)c1cccc([N+](=O)[O-])c1. The van der Waals surface area contributed by atoms with Crippen LogP contribution in [0.2, 0.25) is 0 Å². The topological polar surface area (TPSA) is 131 Å². The summed E-state index contributed by atoms with van der Waals surface area (Å²) in [7, 11) is -1.39. The molecule has 2 aromatic carbocycles. The molecule has 0 amide bonds. The van der Waals surface area contributed by atoms with Gasteiger partial charge < -0.3 is 24.3 Å². The van der Waals surface area contributed by atoms with Crippen LogP contribution >= 0.6 is 7.60 Å². The quantitative estimate of drug-likeness (QED) is 0.421. The standard InChI is InChI=1S/C16H17N2O7P/c1-24-26(23,25-2)15(11-5-4-8-14(10-11)18(21)22)17-13-7-3-6-12(9-13)16(19)20/h3-10,15,17H,1-2H3,(H,19,20)/p-1/t15-/m0/s1. The van der Waals surface area contributed by atoms with E-state index in [1.54, 1.807) is 6.07 Å².